The molecular weight excluding hydrogens is 300 g/mol. The van der Waals surface area contributed by atoms with E-state index in [-0.39, 0.29) is 11.0 Å². The molecule has 1 saturated heterocycles. The summed E-state index contributed by atoms with van der Waals surface area (Å²) in [5, 5.41) is 0. The van der Waals surface area contributed by atoms with E-state index in [1.165, 1.54) is 12.0 Å². The van der Waals surface area contributed by atoms with Gasteiger partial charge in [0.05, 0.1) is 14.2 Å². The van der Waals surface area contributed by atoms with Crippen LogP contribution in [0.15, 0.2) is 18.2 Å². The quantitative estimate of drug-likeness (QED) is 0.922. The van der Waals surface area contributed by atoms with Crippen LogP contribution in [-0.2, 0) is 5.41 Å². The number of fused-ring (bicyclic) bond motifs is 1. The first kappa shape index (κ1) is 17.6. The Labute approximate surface area is 146 Å². The van der Waals surface area contributed by atoms with Gasteiger partial charge in [-0.3, -0.25) is 4.90 Å². The molecule has 1 aliphatic heterocycles. The zero-order valence-electron chi connectivity index (χ0n) is 15.8. The van der Waals surface area contributed by atoms with E-state index in [1.54, 1.807) is 14.2 Å². The average Bonchev–Trinajstić information content (AvgIpc) is 2.94. The third-order valence-corrected chi connectivity index (χ3v) is 6.12. The van der Waals surface area contributed by atoms with Gasteiger partial charge in [-0.05, 0) is 70.7 Å². The fourth-order valence-electron chi connectivity index (χ4n) is 4.86. The zero-order chi connectivity index (χ0) is 17.5. The average molecular weight is 332 g/mol. The number of nitrogens with two attached hydrogens (primary N) is 1. The second kappa shape index (κ2) is 6.23. The van der Waals surface area contributed by atoms with Crippen LogP contribution in [-0.4, -0.2) is 43.3 Å². The summed E-state index contributed by atoms with van der Waals surface area (Å²) in [6, 6.07) is 7.28. The van der Waals surface area contributed by atoms with Gasteiger partial charge in [0.25, 0.3) is 0 Å². The minimum absolute atomic E-state index is 0.167. The Morgan fingerprint density at radius 3 is 2.46 bits per heavy atom. The number of methoxy groups -OCH3 is 2. The molecule has 2 aliphatic rings. The highest BCUT2D eigenvalue weighted by Crippen LogP contribution is 2.51. The van der Waals surface area contributed by atoms with Crippen molar-refractivity contribution in [1.29, 1.82) is 0 Å². The molecule has 24 heavy (non-hydrogen) atoms. The summed E-state index contributed by atoms with van der Waals surface area (Å²) in [7, 11) is 3.40. The van der Waals surface area contributed by atoms with Crippen molar-refractivity contribution >= 4 is 0 Å². The minimum Gasteiger partial charge on any atom is -0.493 e. The summed E-state index contributed by atoms with van der Waals surface area (Å²) >= 11 is 0. The van der Waals surface area contributed by atoms with Crippen LogP contribution in [0, 0.1) is 0 Å². The van der Waals surface area contributed by atoms with E-state index in [0.29, 0.717) is 12.1 Å². The van der Waals surface area contributed by atoms with Crippen LogP contribution in [0.4, 0.5) is 0 Å². The number of rotatable bonds is 3. The molecular formula is C20H32N2O2. The lowest BCUT2D eigenvalue weighted by Gasteiger charge is -2.48. The van der Waals surface area contributed by atoms with Crippen molar-refractivity contribution in [3.63, 3.8) is 0 Å². The van der Waals surface area contributed by atoms with Gasteiger partial charge in [-0.1, -0.05) is 6.07 Å². The lowest BCUT2D eigenvalue weighted by molar-refractivity contribution is 0.0689. The van der Waals surface area contributed by atoms with Crippen LogP contribution in [0.25, 0.3) is 0 Å². The monoisotopic (exact) mass is 332 g/mol. The summed E-state index contributed by atoms with van der Waals surface area (Å²) in [5.41, 5.74) is 8.09. The van der Waals surface area contributed by atoms with Gasteiger partial charge in [-0.15, -0.1) is 0 Å². The van der Waals surface area contributed by atoms with Crippen LogP contribution in [0.3, 0.4) is 0 Å². The number of hydrogen-bond acceptors (Lipinski definition) is 4. The number of benzene rings is 1. The maximum atomic E-state index is 6.36. The molecule has 1 aromatic carbocycles. The van der Waals surface area contributed by atoms with E-state index in [9.17, 15) is 0 Å². The molecule has 1 aromatic rings. The van der Waals surface area contributed by atoms with Gasteiger partial charge in [0.2, 0.25) is 0 Å². The van der Waals surface area contributed by atoms with E-state index in [4.69, 9.17) is 15.2 Å². The van der Waals surface area contributed by atoms with Crippen molar-refractivity contribution < 1.29 is 9.47 Å². The predicted octanol–water partition coefficient (Wildman–Crippen LogP) is 3.33. The molecule has 1 saturated carbocycles. The summed E-state index contributed by atoms with van der Waals surface area (Å²) in [5.74, 6) is 1.62. The first-order valence-electron chi connectivity index (χ1n) is 9.06. The second-order valence-electron chi connectivity index (χ2n) is 8.39. The predicted molar refractivity (Wildman–Crippen MR) is 97.9 cm³/mol. The number of nitrogens with zero attached hydrogens (tertiary/aromatic N) is 1. The molecule has 0 amide bonds. The highest BCUT2D eigenvalue weighted by molar-refractivity contribution is 5.46. The van der Waals surface area contributed by atoms with E-state index in [0.717, 1.165) is 37.3 Å². The first-order valence-corrected chi connectivity index (χ1v) is 9.06. The SMILES string of the molecule is COc1ccc([C@@]23CC[C@H](N)C[C@H]2N(C(C)(C)C)CC3)cc1OC. The Bertz CT molecular complexity index is 596. The van der Waals surface area contributed by atoms with Crippen LogP contribution in [0.5, 0.6) is 11.5 Å². The number of hydrogen-bond donors (Lipinski definition) is 1. The Kier molecular flexibility index (Phi) is 4.56. The van der Waals surface area contributed by atoms with Crippen molar-refractivity contribution in [2.45, 2.75) is 69.5 Å². The van der Waals surface area contributed by atoms with Crippen LogP contribution < -0.4 is 15.2 Å². The Hall–Kier alpha value is -1.26. The molecule has 0 aromatic heterocycles. The molecule has 3 rings (SSSR count). The molecule has 2 N–H and O–H groups in total. The highest BCUT2D eigenvalue weighted by Gasteiger charge is 2.53. The molecule has 0 bridgehead atoms. The summed E-state index contributed by atoms with van der Waals surface area (Å²) in [6.45, 7) is 8.09. The van der Waals surface area contributed by atoms with Crippen LogP contribution >= 0.6 is 0 Å². The zero-order valence-corrected chi connectivity index (χ0v) is 15.8. The molecule has 0 spiro atoms. The lowest BCUT2D eigenvalue weighted by atomic mass is 9.65. The van der Waals surface area contributed by atoms with E-state index in [2.05, 4.69) is 37.8 Å². The van der Waals surface area contributed by atoms with Crippen molar-refractivity contribution in [2.75, 3.05) is 20.8 Å². The second-order valence-corrected chi connectivity index (χ2v) is 8.39. The van der Waals surface area contributed by atoms with Crippen molar-refractivity contribution in [3.05, 3.63) is 23.8 Å². The summed E-state index contributed by atoms with van der Waals surface area (Å²) in [4.78, 5) is 2.67. The molecule has 1 heterocycles. The van der Waals surface area contributed by atoms with Gasteiger partial charge in [-0.2, -0.15) is 0 Å². The molecule has 3 atom stereocenters. The smallest absolute Gasteiger partial charge is 0.161 e. The van der Waals surface area contributed by atoms with Crippen LogP contribution in [0.2, 0.25) is 0 Å². The standard InChI is InChI=1S/C20H32N2O2/c1-19(2,3)22-11-10-20(9-8-15(21)13-18(20)22)14-6-7-16(23-4)17(12-14)24-5/h6-7,12,15,18H,8-11,13,21H2,1-5H3/t15-,18+,20-/m0/s1. The van der Waals surface area contributed by atoms with E-state index in [1.807, 2.05) is 6.07 Å². The number of likely N-dealkylation sites (tertiary alicyclic amines) is 1. The third kappa shape index (κ3) is 2.80. The molecule has 0 unspecified atom stereocenters. The van der Waals surface area contributed by atoms with Gasteiger partial charge in [0.15, 0.2) is 11.5 Å². The van der Waals surface area contributed by atoms with Gasteiger partial charge < -0.3 is 15.2 Å². The fraction of sp³-hybridized carbons (Fsp3) is 0.700. The van der Waals surface area contributed by atoms with E-state index < -0.39 is 0 Å². The van der Waals surface area contributed by atoms with Gasteiger partial charge in [-0.25, -0.2) is 0 Å². The summed E-state index contributed by atoms with van der Waals surface area (Å²) < 4.78 is 11.0. The topological polar surface area (TPSA) is 47.7 Å². The van der Waals surface area contributed by atoms with Crippen molar-refractivity contribution in [1.82, 2.24) is 4.90 Å². The largest absolute Gasteiger partial charge is 0.493 e. The van der Waals surface area contributed by atoms with E-state index >= 15 is 0 Å². The normalized spacial score (nSPS) is 30.9. The van der Waals surface area contributed by atoms with Gasteiger partial charge in [0, 0.05) is 23.0 Å². The molecule has 4 heteroatoms. The maximum Gasteiger partial charge on any atom is 0.161 e. The maximum absolute atomic E-state index is 6.36. The number of ether oxygens (including phenoxy) is 2. The Morgan fingerprint density at radius 1 is 1.12 bits per heavy atom. The Balaban J connectivity index is 2.03. The minimum atomic E-state index is 0.167. The van der Waals surface area contributed by atoms with Gasteiger partial charge >= 0.3 is 0 Å². The summed E-state index contributed by atoms with van der Waals surface area (Å²) in [6.07, 6.45) is 4.52. The third-order valence-electron chi connectivity index (χ3n) is 6.12. The lowest BCUT2D eigenvalue weighted by Crippen LogP contribution is -2.55. The van der Waals surface area contributed by atoms with Crippen molar-refractivity contribution in [2.24, 2.45) is 5.73 Å². The molecule has 0 radical (unpaired) electrons. The Morgan fingerprint density at radius 2 is 1.83 bits per heavy atom. The molecule has 1 aliphatic carbocycles. The molecule has 134 valence electrons. The fourth-order valence-corrected chi connectivity index (χ4v) is 4.86. The van der Waals surface area contributed by atoms with Crippen molar-refractivity contribution in [3.8, 4) is 11.5 Å². The highest BCUT2D eigenvalue weighted by atomic mass is 16.5. The first-order chi connectivity index (χ1) is 11.3. The van der Waals surface area contributed by atoms with Crippen LogP contribution in [0.1, 0.15) is 52.0 Å². The van der Waals surface area contributed by atoms with Gasteiger partial charge in [0.1, 0.15) is 0 Å². The molecule has 2 fully saturated rings. The molecule has 4 nitrogen and oxygen atoms in total.